The summed E-state index contributed by atoms with van der Waals surface area (Å²) in [5.74, 6) is 0. The first kappa shape index (κ1) is 19.8. The zero-order valence-corrected chi connectivity index (χ0v) is 17.8. The number of nitrogens with zero attached hydrogens (tertiary/aromatic N) is 2. The third kappa shape index (κ3) is 3.01. The molecule has 0 bridgehead atoms. The second-order valence-electron chi connectivity index (χ2n) is 9.48. The molecule has 144 valence electrons. The fraction of sp³-hybridized carbons (Fsp3) is 0.778. The largest absolute Gasteiger partial charge is 0.598 e. The zero-order valence-electron chi connectivity index (χ0n) is 17.8. The molecule has 0 spiro atoms. The van der Waals surface area contributed by atoms with Crippen molar-refractivity contribution in [3.63, 3.8) is 0 Å². The Hall–Kier alpha value is -0.950. The summed E-state index contributed by atoms with van der Waals surface area (Å²) in [4.78, 5) is 4.04. The molecule has 3 aliphatic heterocycles. The van der Waals surface area contributed by atoms with E-state index in [2.05, 4.69) is 55.4 Å². The van der Waals surface area contributed by atoms with Crippen molar-refractivity contribution >= 4 is 14.5 Å². The van der Waals surface area contributed by atoms with Crippen molar-refractivity contribution in [3.05, 3.63) is 23.8 Å². The molecule has 0 unspecified atom stereocenters. The van der Waals surface area contributed by atoms with Gasteiger partial charge in [-0.2, -0.15) is 0 Å². The summed E-state index contributed by atoms with van der Waals surface area (Å²) in [5, 5.41) is 0. The molecule has 3 heterocycles. The summed E-state index contributed by atoms with van der Waals surface area (Å²) < 4.78 is 24.7. The molecule has 0 saturated carbocycles. The minimum atomic E-state index is -0.452. The molecule has 0 amide bonds. The van der Waals surface area contributed by atoms with E-state index in [9.17, 15) is 0 Å². The van der Waals surface area contributed by atoms with E-state index in [4.69, 9.17) is 18.6 Å². The van der Waals surface area contributed by atoms with E-state index in [-0.39, 0.29) is 22.4 Å². The molecule has 2 saturated heterocycles. The van der Waals surface area contributed by atoms with Crippen molar-refractivity contribution in [1.29, 1.82) is 0 Å². The third-order valence-electron chi connectivity index (χ3n) is 6.40. The number of rotatable bonds is 2. The quantitative estimate of drug-likeness (QED) is 0.701. The van der Waals surface area contributed by atoms with Gasteiger partial charge < -0.3 is 28.2 Å². The fourth-order valence-electron chi connectivity index (χ4n) is 3.04. The normalized spacial score (nSPS) is 29.2. The lowest BCUT2D eigenvalue weighted by atomic mass is 9.90. The molecule has 0 N–H and O–H groups in total. The van der Waals surface area contributed by atoms with E-state index in [1.165, 1.54) is 0 Å². The SMILES string of the molecule is CC1=CN(B2OC(C)(C)C(C)(C)O2)C(C)=CN1B1OC(C)(C)C(C)(C)O1. The number of allylic oxidation sites excluding steroid dienone is 2. The molecule has 0 aromatic heterocycles. The van der Waals surface area contributed by atoms with Crippen LogP contribution in [0.5, 0.6) is 0 Å². The van der Waals surface area contributed by atoms with Crippen LogP contribution < -0.4 is 0 Å². The van der Waals surface area contributed by atoms with Crippen LogP contribution in [0.3, 0.4) is 0 Å². The second kappa shape index (κ2) is 5.77. The molecule has 6 nitrogen and oxygen atoms in total. The minimum absolute atomic E-state index is 0.372. The molecule has 0 aromatic rings. The van der Waals surface area contributed by atoms with Gasteiger partial charge in [0.15, 0.2) is 0 Å². The molecule has 3 aliphatic rings. The van der Waals surface area contributed by atoms with Gasteiger partial charge in [0.2, 0.25) is 0 Å². The summed E-state index contributed by atoms with van der Waals surface area (Å²) in [6.07, 6.45) is 4.06. The molecule has 8 heteroatoms. The van der Waals surface area contributed by atoms with Crippen LogP contribution in [-0.4, -0.2) is 46.5 Å². The topological polar surface area (TPSA) is 43.4 Å². The second-order valence-corrected chi connectivity index (χ2v) is 9.48. The molecule has 2 fully saturated rings. The summed E-state index contributed by atoms with van der Waals surface area (Å²) >= 11 is 0. The summed E-state index contributed by atoms with van der Waals surface area (Å²) in [5.41, 5.74) is 0.517. The van der Waals surface area contributed by atoms with Crippen LogP contribution in [0.1, 0.15) is 69.2 Å². The molecular weight excluding hydrogens is 330 g/mol. The molecule has 0 aliphatic carbocycles. The summed E-state index contributed by atoms with van der Waals surface area (Å²) in [6, 6.07) is 0. The van der Waals surface area contributed by atoms with Crippen molar-refractivity contribution in [3.8, 4) is 0 Å². The van der Waals surface area contributed by atoms with E-state index in [0.717, 1.165) is 11.4 Å². The highest BCUT2D eigenvalue weighted by atomic mass is 16.7. The lowest BCUT2D eigenvalue weighted by Crippen LogP contribution is -2.45. The van der Waals surface area contributed by atoms with Gasteiger partial charge in [-0.25, -0.2) is 0 Å². The molecule has 0 radical (unpaired) electrons. The first-order valence-corrected chi connectivity index (χ1v) is 9.32. The van der Waals surface area contributed by atoms with Crippen LogP contribution in [0.4, 0.5) is 0 Å². The Morgan fingerprint density at radius 1 is 0.577 bits per heavy atom. The van der Waals surface area contributed by atoms with Gasteiger partial charge in [0.05, 0.1) is 22.4 Å². The van der Waals surface area contributed by atoms with Crippen molar-refractivity contribution in [2.75, 3.05) is 0 Å². The Morgan fingerprint density at radius 2 is 0.808 bits per heavy atom. The van der Waals surface area contributed by atoms with Crippen molar-refractivity contribution in [1.82, 2.24) is 9.62 Å². The maximum Gasteiger partial charge on any atom is 0.598 e. The number of hydrogen-bond acceptors (Lipinski definition) is 6. The van der Waals surface area contributed by atoms with E-state index in [0.29, 0.717) is 0 Å². The van der Waals surface area contributed by atoms with Gasteiger partial charge in [0.25, 0.3) is 0 Å². The van der Waals surface area contributed by atoms with Gasteiger partial charge in [-0.05, 0) is 69.2 Å². The Labute approximate surface area is 158 Å². The highest BCUT2D eigenvalue weighted by molar-refractivity contribution is 6.44. The fourth-order valence-corrected chi connectivity index (χ4v) is 3.04. The first-order valence-electron chi connectivity index (χ1n) is 9.32. The van der Waals surface area contributed by atoms with Crippen LogP contribution in [0.15, 0.2) is 23.8 Å². The summed E-state index contributed by atoms with van der Waals surface area (Å²) in [7, 11) is -0.904. The Balaban J connectivity index is 1.80. The van der Waals surface area contributed by atoms with Crippen LogP contribution >= 0.6 is 0 Å². The van der Waals surface area contributed by atoms with E-state index in [1.807, 2.05) is 35.9 Å². The average molecular weight is 362 g/mol. The van der Waals surface area contributed by atoms with E-state index in [1.54, 1.807) is 0 Å². The number of hydrogen-bond donors (Lipinski definition) is 0. The maximum absolute atomic E-state index is 6.19. The van der Waals surface area contributed by atoms with Gasteiger partial charge >= 0.3 is 14.5 Å². The predicted molar refractivity (Wildman–Crippen MR) is 103 cm³/mol. The van der Waals surface area contributed by atoms with Crippen LogP contribution in [0, 0.1) is 0 Å². The van der Waals surface area contributed by atoms with Gasteiger partial charge in [-0.1, -0.05) is 0 Å². The molecule has 0 atom stereocenters. The first-order chi connectivity index (χ1) is 11.7. The lowest BCUT2D eigenvalue weighted by molar-refractivity contribution is 0.00578. The lowest BCUT2D eigenvalue weighted by Gasteiger charge is -2.34. The molecule has 3 rings (SSSR count). The highest BCUT2D eigenvalue weighted by Crippen LogP contribution is 2.41. The van der Waals surface area contributed by atoms with Crippen molar-refractivity contribution < 1.29 is 18.6 Å². The monoisotopic (exact) mass is 362 g/mol. The van der Waals surface area contributed by atoms with Gasteiger partial charge in [0, 0.05) is 23.8 Å². The Morgan fingerprint density at radius 3 is 1.04 bits per heavy atom. The van der Waals surface area contributed by atoms with Gasteiger partial charge in [0.1, 0.15) is 0 Å². The third-order valence-corrected chi connectivity index (χ3v) is 6.40. The average Bonchev–Trinajstić information content (AvgIpc) is 2.80. The molecule has 26 heavy (non-hydrogen) atoms. The van der Waals surface area contributed by atoms with Gasteiger partial charge in [-0.15, -0.1) is 0 Å². The maximum atomic E-state index is 6.19. The Bertz CT molecular complexity index is 570. The van der Waals surface area contributed by atoms with Crippen LogP contribution in [-0.2, 0) is 18.6 Å². The van der Waals surface area contributed by atoms with Crippen molar-refractivity contribution in [2.24, 2.45) is 0 Å². The highest BCUT2D eigenvalue weighted by Gasteiger charge is 2.56. The summed E-state index contributed by atoms with van der Waals surface area (Å²) in [6.45, 7) is 20.5. The van der Waals surface area contributed by atoms with Crippen molar-refractivity contribution in [2.45, 2.75) is 91.6 Å². The smallest absolute Gasteiger partial charge is 0.384 e. The molecule has 0 aromatic carbocycles. The Kier molecular flexibility index (Phi) is 4.40. The zero-order chi connectivity index (χ0) is 19.7. The minimum Gasteiger partial charge on any atom is -0.384 e. The van der Waals surface area contributed by atoms with Gasteiger partial charge in [-0.3, -0.25) is 0 Å². The van der Waals surface area contributed by atoms with Crippen LogP contribution in [0.2, 0.25) is 0 Å². The van der Waals surface area contributed by atoms with E-state index < -0.39 is 14.5 Å². The molecular formula is C18H32B2N2O4. The predicted octanol–water partition coefficient (Wildman–Crippen LogP) is 3.50. The van der Waals surface area contributed by atoms with Crippen LogP contribution in [0.25, 0.3) is 0 Å². The van der Waals surface area contributed by atoms with E-state index >= 15 is 0 Å². The standard InChI is InChI=1S/C18H32B2N2O4/c1-13-11-22(20-25-17(7,8)18(9,10)26-20)14(2)12-21(13)19-23-15(3,4)16(5,6)24-19/h11-12H,1-10H3.